The number of carbonyl (C=O) groups excluding carboxylic acids is 1. The predicted octanol–water partition coefficient (Wildman–Crippen LogP) is 3.80. The number of ether oxygens (including phenoxy) is 1. The Morgan fingerprint density at radius 1 is 1.38 bits per heavy atom. The average molecular weight is 384 g/mol. The summed E-state index contributed by atoms with van der Waals surface area (Å²) in [6.45, 7) is 13.4. The summed E-state index contributed by atoms with van der Waals surface area (Å²) in [6.07, 6.45) is 0.561. The van der Waals surface area contributed by atoms with E-state index in [1.54, 1.807) is 4.90 Å². The number of aromatic carboxylic acids is 1. The fourth-order valence-electron chi connectivity index (χ4n) is 2.79. The minimum atomic E-state index is -0.934. The lowest BCUT2D eigenvalue weighted by Gasteiger charge is -2.45. The van der Waals surface area contributed by atoms with Crippen molar-refractivity contribution in [3.8, 4) is 0 Å². The molecule has 1 aliphatic rings. The standard InChI is InChI=1S/C18H29N3O4S/c1-7-8-21(17(24)25-18(4,5)6)12-9-20(10-12)16-19-13(11(2)3)14(26-16)15(22)23/h11-12H,7-10H2,1-6H3,(H,22,23). The number of nitrogens with zero attached hydrogens (tertiary/aromatic N) is 3. The van der Waals surface area contributed by atoms with Crippen molar-refractivity contribution in [2.24, 2.45) is 0 Å². The van der Waals surface area contributed by atoms with Crippen molar-refractivity contribution in [3.05, 3.63) is 10.6 Å². The first-order valence-corrected chi connectivity index (χ1v) is 9.83. The van der Waals surface area contributed by atoms with E-state index in [0.29, 0.717) is 35.3 Å². The second-order valence-electron chi connectivity index (χ2n) is 7.90. The molecule has 0 radical (unpaired) electrons. The van der Waals surface area contributed by atoms with Crippen LogP contribution in [0.5, 0.6) is 0 Å². The highest BCUT2D eigenvalue weighted by Crippen LogP contribution is 2.34. The summed E-state index contributed by atoms with van der Waals surface area (Å²) >= 11 is 1.21. The third kappa shape index (κ3) is 4.66. The largest absolute Gasteiger partial charge is 0.477 e. The smallest absolute Gasteiger partial charge is 0.410 e. The van der Waals surface area contributed by atoms with Gasteiger partial charge in [0.05, 0.1) is 11.7 Å². The number of rotatable bonds is 6. The lowest BCUT2D eigenvalue weighted by atomic mass is 10.1. The van der Waals surface area contributed by atoms with Gasteiger partial charge in [-0.05, 0) is 33.1 Å². The Bertz CT molecular complexity index is 660. The van der Waals surface area contributed by atoms with Gasteiger partial charge in [-0.3, -0.25) is 0 Å². The Labute approximate surface area is 159 Å². The summed E-state index contributed by atoms with van der Waals surface area (Å²) in [6, 6.07) is 0.0597. The van der Waals surface area contributed by atoms with E-state index in [1.807, 2.05) is 46.4 Å². The molecule has 1 saturated heterocycles. The second kappa shape index (κ2) is 7.82. The Kier molecular flexibility index (Phi) is 6.16. The zero-order valence-electron chi connectivity index (χ0n) is 16.4. The Balaban J connectivity index is 2.07. The van der Waals surface area contributed by atoms with Crippen LogP contribution in [0, 0.1) is 0 Å². The third-order valence-corrected chi connectivity index (χ3v) is 5.17. The third-order valence-electron chi connectivity index (χ3n) is 4.05. The van der Waals surface area contributed by atoms with E-state index in [-0.39, 0.29) is 18.1 Å². The van der Waals surface area contributed by atoms with E-state index in [1.165, 1.54) is 11.3 Å². The molecular weight excluding hydrogens is 354 g/mol. The first kappa shape index (κ1) is 20.5. The van der Waals surface area contributed by atoms with E-state index in [4.69, 9.17) is 4.74 Å². The van der Waals surface area contributed by atoms with Crippen molar-refractivity contribution < 1.29 is 19.4 Å². The Morgan fingerprint density at radius 3 is 2.42 bits per heavy atom. The Hall–Kier alpha value is -1.83. The molecule has 0 atom stereocenters. The van der Waals surface area contributed by atoms with Crippen LogP contribution in [-0.4, -0.2) is 58.3 Å². The summed E-state index contributed by atoms with van der Waals surface area (Å²) < 4.78 is 5.51. The van der Waals surface area contributed by atoms with E-state index in [0.717, 1.165) is 6.42 Å². The molecule has 26 heavy (non-hydrogen) atoms. The number of anilines is 1. The molecule has 0 aliphatic carbocycles. The second-order valence-corrected chi connectivity index (χ2v) is 8.88. The van der Waals surface area contributed by atoms with Crippen LogP contribution in [0.1, 0.15) is 69.2 Å². The normalized spacial score (nSPS) is 15.1. The molecule has 0 unspecified atom stereocenters. The molecule has 1 aliphatic heterocycles. The number of carboxylic acid groups (broad SMARTS) is 1. The highest BCUT2D eigenvalue weighted by atomic mass is 32.1. The molecule has 1 amide bonds. The summed E-state index contributed by atoms with van der Waals surface area (Å²) in [7, 11) is 0. The minimum absolute atomic E-state index is 0.0570. The first-order valence-electron chi connectivity index (χ1n) is 9.02. The van der Waals surface area contributed by atoms with Gasteiger partial charge in [0.15, 0.2) is 5.13 Å². The zero-order chi connectivity index (χ0) is 19.6. The van der Waals surface area contributed by atoms with Gasteiger partial charge in [0.2, 0.25) is 0 Å². The number of carboxylic acids is 1. The van der Waals surface area contributed by atoms with Gasteiger partial charge in [0, 0.05) is 19.6 Å². The number of hydrogen-bond acceptors (Lipinski definition) is 6. The van der Waals surface area contributed by atoms with E-state index in [9.17, 15) is 14.7 Å². The van der Waals surface area contributed by atoms with Crippen LogP contribution in [0.2, 0.25) is 0 Å². The molecule has 1 aromatic heterocycles. The lowest BCUT2D eigenvalue weighted by molar-refractivity contribution is 0.0131. The van der Waals surface area contributed by atoms with Crippen LogP contribution < -0.4 is 4.90 Å². The summed E-state index contributed by atoms with van der Waals surface area (Å²) in [5, 5.41) is 10.1. The molecule has 1 aromatic rings. The molecule has 2 rings (SSSR count). The molecule has 0 spiro atoms. The molecular formula is C18H29N3O4S. The predicted molar refractivity (Wildman–Crippen MR) is 102 cm³/mol. The van der Waals surface area contributed by atoms with E-state index < -0.39 is 11.6 Å². The topological polar surface area (TPSA) is 83.0 Å². The Morgan fingerprint density at radius 2 is 2.00 bits per heavy atom. The number of thiazole rings is 1. The SMILES string of the molecule is CCCN(C(=O)OC(C)(C)C)C1CN(c2nc(C(C)C)c(C(=O)O)s2)C1. The number of aromatic nitrogens is 1. The molecule has 0 saturated carbocycles. The van der Waals surface area contributed by atoms with Crippen LogP contribution in [-0.2, 0) is 4.74 Å². The fraction of sp³-hybridized carbons (Fsp3) is 0.722. The van der Waals surface area contributed by atoms with Crippen LogP contribution in [0.4, 0.5) is 9.93 Å². The van der Waals surface area contributed by atoms with Crippen LogP contribution >= 0.6 is 11.3 Å². The van der Waals surface area contributed by atoms with Crippen LogP contribution in [0.25, 0.3) is 0 Å². The first-order chi connectivity index (χ1) is 12.0. The van der Waals surface area contributed by atoms with Gasteiger partial charge in [-0.2, -0.15) is 0 Å². The van der Waals surface area contributed by atoms with Gasteiger partial charge in [0.25, 0.3) is 0 Å². The number of amides is 1. The molecule has 1 fully saturated rings. The van der Waals surface area contributed by atoms with Crippen molar-refractivity contribution in [2.45, 2.75) is 65.5 Å². The zero-order valence-corrected chi connectivity index (χ0v) is 17.2. The number of hydrogen-bond donors (Lipinski definition) is 1. The highest BCUT2D eigenvalue weighted by Gasteiger charge is 2.38. The van der Waals surface area contributed by atoms with Gasteiger partial charge in [-0.1, -0.05) is 32.1 Å². The van der Waals surface area contributed by atoms with Crippen molar-refractivity contribution in [1.29, 1.82) is 0 Å². The molecule has 2 heterocycles. The average Bonchev–Trinajstić information content (AvgIpc) is 2.88. The minimum Gasteiger partial charge on any atom is -0.477 e. The van der Waals surface area contributed by atoms with Crippen molar-refractivity contribution >= 4 is 28.5 Å². The molecule has 146 valence electrons. The van der Waals surface area contributed by atoms with E-state index in [2.05, 4.69) is 4.98 Å². The van der Waals surface area contributed by atoms with Crippen LogP contribution in [0.3, 0.4) is 0 Å². The van der Waals surface area contributed by atoms with Gasteiger partial charge in [-0.25, -0.2) is 14.6 Å². The quantitative estimate of drug-likeness (QED) is 0.804. The maximum atomic E-state index is 12.5. The maximum absolute atomic E-state index is 12.5. The molecule has 8 heteroatoms. The maximum Gasteiger partial charge on any atom is 0.410 e. The van der Waals surface area contributed by atoms with Gasteiger partial charge in [-0.15, -0.1) is 0 Å². The summed E-state index contributed by atoms with van der Waals surface area (Å²) in [4.78, 5) is 32.5. The van der Waals surface area contributed by atoms with Gasteiger partial charge >= 0.3 is 12.1 Å². The molecule has 1 N–H and O–H groups in total. The summed E-state index contributed by atoms with van der Waals surface area (Å²) in [5.74, 6) is -0.877. The van der Waals surface area contributed by atoms with E-state index >= 15 is 0 Å². The number of carbonyl (C=O) groups is 2. The van der Waals surface area contributed by atoms with Crippen LogP contribution in [0.15, 0.2) is 0 Å². The molecule has 0 bridgehead atoms. The molecule has 0 aromatic carbocycles. The summed E-state index contributed by atoms with van der Waals surface area (Å²) in [5.41, 5.74) is 0.100. The molecule has 7 nitrogen and oxygen atoms in total. The fourth-order valence-corrected chi connectivity index (χ4v) is 3.87. The van der Waals surface area contributed by atoms with Crippen molar-refractivity contribution in [2.75, 3.05) is 24.5 Å². The lowest BCUT2D eigenvalue weighted by Crippen LogP contribution is -2.61. The van der Waals surface area contributed by atoms with Crippen molar-refractivity contribution in [1.82, 2.24) is 9.88 Å². The van der Waals surface area contributed by atoms with Crippen molar-refractivity contribution in [3.63, 3.8) is 0 Å². The monoisotopic (exact) mass is 383 g/mol. The van der Waals surface area contributed by atoms with Gasteiger partial charge < -0.3 is 19.6 Å². The van der Waals surface area contributed by atoms with Gasteiger partial charge in [0.1, 0.15) is 10.5 Å². The highest BCUT2D eigenvalue weighted by molar-refractivity contribution is 7.17.